The van der Waals surface area contributed by atoms with E-state index in [0.29, 0.717) is 11.7 Å². The maximum Gasteiger partial charge on any atom is 0.335 e. The summed E-state index contributed by atoms with van der Waals surface area (Å²) in [6.45, 7) is 3.18. The summed E-state index contributed by atoms with van der Waals surface area (Å²) in [5.41, 5.74) is 7.71. The van der Waals surface area contributed by atoms with Crippen molar-refractivity contribution < 1.29 is 9.90 Å². The van der Waals surface area contributed by atoms with Crippen molar-refractivity contribution in [1.29, 1.82) is 0 Å². The highest BCUT2D eigenvalue weighted by Gasteiger charge is 2.20. The minimum Gasteiger partial charge on any atom is -0.478 e. The number of benzene rings is 1. The number of hydrogen-bond acceptors (Lipinski definition) is 3. The molecule has 1 atom stereocenters. The Bertz CT molecular complexity index is 431. The molecule has 3 N–H and O–H groups in total. The summed E-state index contributed by atoms with van der Waals surface area (Å²) < 4.78 is 0. The molecule has 0 spiro atoms. The minimum atomic E-state index is -0.935. The zero-order valence-electron chi connectivity index (χ0n) is 10.0. The van der Waals surface area contributed by atoms with Crippen LogP contribution in [0.4, 0.5) is 11.4 Å². The van der Waals surface area contributed by atoms with Crippen LogP contribution in [0.1, 0.15) is 36.5 Å². The van der Waals surface area contributed by atoms with Crippen LogP contribution in [0.25, 0.3) is 0 Å². The molecule has 1 heterocycles. The van der Waals surface area contributed by atoms with Gasteiger partial charge in [0.15, 0.2) is 0 Å². The first-order valence-electron chi connectivity index (χ1n) is 5.99. The highest BCUT2D eigenvalue weighted by molar-refractivity contribution is 5.90. The molecule has 0 saturated carbocycles. The third kappa shape index (κ3) is 2.35. The second kappa shape index (κ2) is 4.65. The molecule has 2 rings (SSSR count). The minimum absolute atomic E-state index is 0.246. The zero-order chi connectivity index (χ0) is 12.4. The summed E-state index contributed by atoms with van der Waals surface area (Å²) in [4.78, 5) is 13.1. The molecule has 4 nitrogen and oxygen atoms in total. The largest absolute Gasteiger partial charge is 0.478 e. The number of nitrogens with zero attached hydrogens (tertiary/aromatic N) is 1. The number of nitrogens with two attached hydrogens (primary N) is 1. The maximum absolute atomic E-state index is 10.8. The van der Waals surface area contributed by atoms with E-state index in [4.69, 9.17) is 10.8 Å². The van der Waals surface area contributed by atoms with Gasteiger partial charge < -0.3 is 15.7 Å². The van der Waals surface area contributed by atoms with Crippen molar-refractivity contribution >= 4 is 17.3 Å². The lowest BCUT2D eigenvalue weighted by atomic mass is 10.0. The topological polar surface area (TPSA) is 66.6 Å². The van der Waals surface area contributed by atoms with E-state index in [1.54, 1.807) is 12.1 Å². The molecule has 0 aromatic heterocycles. The van der Waals surface area contributed by atoms with Gasteiger partial charge in [-0.25, -0.2) is 4.79 Å². The number of anilines is 2. The Kier molecular flexibility index (Phi) is 3.22. The number of rotatable bonds is 2. The summed E-state index contributed by atoms with van der Waals surface area (Å²) in [7, 11) is 0. The highest BCUT2D eigenvalue weighted by Crippen LogP contribution is 2.30. The average molecular weight is 234 g/mol. The lowest BCUT2D eigenvalue weighted by molar-refractivity contribution is 0.0697. The van der Waals surface area contributed by atoms with Gasteiger partial charge in [-0.15, -0.1) is 0 Å². The predicted molar refractivity (Wildman–Crippen MR) is 68.5 cm³/mol. The fourth-order valence-corrected chi connectivity index (χ4v) is 2.41. The van der Waals surface area contributed by atoms with Gasteiger partial charge in [0.25, 0.3) is 0 Å². The molecule has 1 aliphatic rings. The zero-order valence-corrected chi connectivity index (χ0v) is 10.0. The summed E-state index contributed by atoms with van der Waals surface area (Å²) in [5, 5.41) is 8.89. The van der Waals surface area contributed by atoms with Crippen molar-refractivity contribution in [2.24, 2.45) is 0 Å². The first-order valence-corrected chi connectivity index (χ1v) is 5.99. The van der Waals surface area contributed by atoms with Crippen LogP contribution in [0, 0.1) is 0 Å². The first-order chi connectivity index (χ1) is 8.09. The molecule has 0 radical (unpaired) electrons. The number of carboxylic acid groups (broad SMARTS) is 1. The van der Waals surface area contributed by atoms with Crippen molar-refractivity contribution in [2.45, 2.75) is 32.2 Å². The number of carbonyl (C=O) groups is 1. The Morgan fingerprint density at radius 2 is 2.24 bits per heavy atom. The predicted octanol–water partition coefficient (Wildman–Crippen LogP) is 2.35. The molecular formula is C13H18N2O2. The van der Waals surface area contributed by atoms with Gasteiger partial charge in [0.1, 0.15) is 0 Å². The summed E-state index contributed by atoms with van der Waals surface area (Å²) >= 11 is 0. The van der Waals surface area contributed by atoms with Crippen LogP contribution in [0.3, 0.4) is 0 Å². The molecule has 0 unspecified atom stereocenters. The van der Waals surface area contributed by atoms with Gasteiger partial charge in [0, 0.05) is 12.6 Å². The van der Waals surface area contributed by atoms with Gasteiger partial charge in [-0.1, -0.05) is 0 Å². The highest BCUT2D eigenvalue weighted by atomic mass is 16.4. The van der Waals surface area contributed by atoms with E-state index in [-0.39, 0.29) is 5.56 Å². The van der Waals surface area contributed by atoms with Crippen LogP contribution in [-0.4, -0.2) is 23.7 Å². The fraction of sp³-hybridized carbons (Fsp3) is 0.462. The molecule has 1 aromatic carbocycles. The van der Waals surface area contributed by atoms with Gasteiger partial charge in [-0.05, 0) is 44.4 Å². The van der Waals surface area contributed by atoms with E-state index < -0.39 is 5.97 Å². The van der Waals surface area contributed by atoms with E-state index >= 15 is 0 Å². The first kappa shape index (κ1) is 11.8. The van der Waals surface area contributed by atoms with Crippen molar-refractivity contribution in [3.05, 3.63) is 23.8 Å². The van der Waals surface area contributed by atoms with Crippen molar-refractivity contribution in [3.8, 4) is 0 Å². The Balaban J connectivity index is 2.29. The van der Waals surface area contributed by atoms with Crippen LogP contribution in [-0.2, 0) is 0 Å². The van der Waals surface area contributed by atoms with Gasteiger partial charge in [0.2, 0.25) is 0 Å². The van der Waals surface area contributed by atoms with Crippen molar-refractivity contribution in [3.63, 3.8) is 0 Å². The van der Waals surface area contributed by atoms with E-state index in [9.17, 15) is 4.79 Å². The molecule has 17 heavy (non-hydrogen) atoms. The lowest BCUT2D eigenvalue weighted by Crippen LogP contribution is -2.37. The van der Waals surface area contributed by atoms with E-state index in [2.05, 4.69) is 11.8 Å². The second-order valence-corrected chi connectivity index (χ2v) is 4.62. The molecule has 0 amide bonds. The maximum atomic E-state index is 10.8. The Hall–Kier alpha value is -1.71. The number of hydrogen-bond donors (Lipinski definition) is 2. The Morgan fingerprint density at radius 3 is 2.82 bits per heavy atom. The van der Waals surface area contributed by atoms with Crippen LogP contribution in [0.15, 0.2) is 18.2 Å². The lowest BCUT2D eigenvalue weighted by Gasteiger charge is -2.36. The standard InChI is InChI=1S/C13H18N2O2/c1-9-4-2-3-7-15(9)12-6-5-10(13(16)17)8-11(12)14/h5-6,8-9H,2-4,7,14H2,1H3,(H,16,17)/t9-/m0/s1. The van der Waals surface area contributed by atoms with Crippen LogP contribution < -0.4 is 10.6 Å². The Labute approximate surface area is 101 Å². The monoisotopic (exact) mass is 234 g/mol. The third-order valence-corrected chi connectivity index (χ3v) is 3.39. The second-order valence-electron chi connectivity index (χ2n) is 4.62. The van der Waals surface area contributed by atoms with Crippen LogP contribution in [0.5, 0.6) is 0 Å². The number of carboxylic acids is 1. The molecule has 4 heteroatoms. The Morgan fingerprint density at radius 1 is 1.47 bits per heavy atom. The number of nitrogen functional groups attached to an aromatic ring is 1. The van der Waals surface area contributed by atoms with E-state index in [1.165, 1.54) is 19.3 Å². The van der Waals surface area contributed by atoms with Crippen LogP contribution in [0.2, 0.25) is 0 Å². The smallest absolute Gasteiger partial charge is 0.335 e. The van der Waals surface area contributed by atoms with E-state index in [1.807, 2.05) is 6.07 Å². The third-order valence-electron chi connectivity index (χ3n) is 3.39. The quantitative estimate of drug-likeness (QED) is 0.771. The normalized spacial score (nSPS) is 20.3. The average Bonchev–Trinajstić information content (AvgIpc) is 2.30. The molecule has 1 saturated heterocycles. The summed E-state index contributed by atoms with van der Waals surface area (Å²) in [5.74, 6) is -0.935. The van der Waals surface area contributed by atoms with Gasteiger partial charge in [-0.2, -0.15) is 0 Å². The summed E-state index contributed by atoms with van der Waals surface area (Å²) in [6, 6.07) is 5.45. The SMILES string of the molecule is C[C@H]1CCCCN1c1ccc(C(=O)O)cc1N. The number of aromatic carboxylic acids is 1. The van der Waals surface area contributed by atoms with Gasteiger partial charge >= 0.3 is 5.97 Å². The molecule has 1 aliphatic heterocycles. The number of piperidine rings is 1. The fourth-order valence-electron chi connectivity index (χ4n) is 2.41. The molecule has 1 fully saturated rings. The molecule has 92 valence electrons. The molecular weight excluding hydrogens is 216 g/mol. The van der Waals surface area contributed by atoms with Crippen molar-refractivity contribution in [2.75, 3.05) is 17.2 Å². The van der Waals surface area contributed by atoms with Crippen molar-refractivity contribution in [1.82, 2.24) is 0 Å². The van der Waals surface area contributed by atoms with Gasteiger partial charge in [-0.3, -0.25) is 0 Å². The molecule has 0 bridgehead atoms. The molecule has 0 aliphatic carbocycles. The van der Waals surface area contributed by atoms with Crippen LogP contribution >= 0.6 is 0 Å². The van der Waals surface area contributed by atoms with Gasteiger partial charge in [0.05, 0.1) is 16.9 Å². The molecule has 1 aromatic rings. The summed E-state index contributed by atoms with van der Waals surface area (Å²) in [6.07, 6.45) is 3.59. The van der Waals surface area contributed by atoms with E-state index in [0.717, 1.165) is 12.2 Å².